The van der Waals surface area contributed by atoms with Crippen LogP contribution in [0.2, 0.25) is 5.02 Å². The van der Waals surface area contributed by atoms with Gasteiger partial charge in [-0.3, -0.25) is 5.32 Å². The first-order valence-electron chi connectivity index (χ1n) is 10.3. The SMILES string of the molecule is O=C(Nc1cc(Cl)c(-c2ccc3nonc3c2)cn1)N1[C@@H]2CC[C@H]1C(F)(F)c1c2ccnc1F. The number of rotatable bonds is 2. The van der Waals surface area contributed by atoms with Crippen molar-refractivity contribution >= 4 is 34.5 Å². The van der Waals surface area contributed by atoms with E-state index >= 15 is 8.78 Å². The maximum Gasteiger partial charge on any atom is 0.324 e. The van der Waals surface area contributed by atoms with Crippen LogP contribution in [-0.2, 0) is 5.92 Å². The van der Waals surface area contributed by atoms with Crippen LogP contribution in [0.15, 0.2) is 47.4 Å². The number of urea groups is 1. The first-order chi connectivity index (χ1) is 16.3. The highest BCUT2D eigenvalue weighted by atomic mass is 35.5. The van der Waals surface area contributed by atoms with Gasteiger partial charge in [0.2, 0.25) is 5.95 Å². The first-order valence-corrected chi connectivity index (χ1v) is 10.7. The van der Waals surface area contributed by atoms with Gasteiger partial charge in [-0.1, -0.05) is 17.7 Å². The van der Waals surface area contributed by atoms with E-state index in [1.165, 1.54) is 18.3 Å². The number of pyridine rings is 2. The van der Waals surface area contributed by atoms with Crippen molar-refractivity contribution in [2.45, 2.75) is 30.8 Å². The molecule has 172 valence electrons. The van der Waals surface area contributed by atoms with Gasteiger partial charge in [0.1, 0.15) is 22.9 Å². The molecule has 12 heteroatoms. The number of aromatic nitrogens is 4. The summed E-state index contributed by atoms with van der Waals surface area (Å²) in [6.45, 7) is 0. The summed E-state index contributed by atoms with van der Waals surface area (Å²) in [6.07, 6.45) is 2.91. The number of hydrogen-bond acceptors (Lipinski definition) is 6. The van der Waals surface area contributed by atoms with Crippen LogP contribution in [0, 0.1) is 5.95 Å². The molecule has 3 aromatic heterocycles. The zero-order chi connectivity index (χ0) is 23.6. The Balaban J connectivity index is 1.28. The Morgan fingerprint density at radius 3 is 2.79 bits per heavy atom. The average Bonchev–Trinajstić information content (AvgIpc) is 3.43. The lowest BCUT2D eigenvalue weighted by molar-refractivity contribution is -0.0827. The number of amides is 2. The van der Waals surface area contributed by atoms with E-state index in [4.69, 9.17) is 16.2 Å². The van der Waals surface area contributed by atoms with E-state index in [2.05, 4.69) is 25.6 Å². The highest BCUT2D eigenvalue weighted by Gasteiger charge is 2.59. The van der Waals surface area contributed by atoms with E-state index in [1.54, 1.807) is 18.2 Å². The van der Waals surface area contributed by atoms with Crippen molar-refractivity contribution in [1.82, 2.24) is 25.2 Å². The number of anilines is 1. The predicted molar refractivity (Wildman–Crippen MR) is 115 cm³/mol. The van der Waals surface area contributed by atoms with E-state index < -0.39 is 35.5 Å². The summed E-state index contributed by atoms with van der Waals surface area (Å²) in [5.74, 6) is -4.68. The van der Waals surface area contributed by atoms with Crippen molar-refractivity contribution in [1.29, 1.82) is 0 Å². The molecule has 0 saturated carbocycles. The summed E-state index contributed by atoms with van der Waals surface area (Å²) in [5.41, 5.74) is 1.75. The largest absolute Gasteiger partial charge is 0.324 e. The van der Waals surface area contributed by atoms with E-state index in [0.29, 0.717) is 22.2 Å². The summed E-state index contributed by atoms with van der Waals surface area (Å²) >= 11 is 6.42. The Bertz CT molecular complexity index is 1460. The fourth-order valence-corrected chi connectivity index (χ4v) is 5.08. The van der Waals surface area contributed by atoms with Gasteiger partial charge >= 0.3 is 6.03 Å². The van der Waals surface area contributed by atoms with Crippen LogP contribution in [0.5, 0.6) is 0 Å². The first kappa shape index (κ1) is 20.8. The summed E-state index contributed by atoms with van der Waals surface area (Å²) in [7, 11) is 0. The predicted octanol–water partition coefficient (Wildman–Crippen LogP) is 5.32. The van der Waals surface area contributed by atoms with E-state index in [1.807, 2.05) is 0 Å². The number of alkyl halides is 2. The zero-order valence-electron chi connectivity index (χ0n) is 17.2. The second-order valence-corrected chi connectivity index (χ2v) is 8.56. The number of benzene rings is 1. The summed E-state index contributed by atoms with van der Waals surface area (Å²) in [6, 6.07) is 5.05. The molecule has 0 radical (unpaired) electrons. The third kappa shape index (κ3) is 3.03. The Morgan fingerprint density at radius 2 is 1.97 bits per heavy atom. The van der Waals surface area contributed by atoms with Crippen molar-refractivity contribution in [3.8, 4) is 11.1 Å². The van der Waals surface area contributed by atoms with Gasteiger partial charge in [-0.15, -0.1) is 0 Å². The van der Waals surface area contributed by atoms with Gasteiger partial charge in [-0.25, -0.2) is 19.4 Å². The highest BCUT2D eigenvalue weighted by Crippen LogP contribution is 2.54. The second-order valence-electron chi connectivity index (χ2n) is 8.15. The molecule has 2 atom stereocenters. The number of halogens is 4. The molecule has 2 aliphatic heterocycles. The molecule has 6 rings (SSSR count). The third-order valence-electron chi connectivity index (χ3n) is 6.32. The molecular formula is C22H14ClF3N6O2. The van der Waals surface area contributed by atoms with Gasteiger partial charge in [0.05, 0.1) is 16.6 Å². The Labute approximate surface area is 194 Å². The summed E-state index contributed by atoms with van der Waals surface area (Å²) in [5, 5.41) is 10.4. The van der Waals surface area contributed by atoms with Crippen LogP contribution in [0.3, 0.4) is 0 Å². The lowest BCUT2D eigenvalue weighted by Crippen LogP contribution is -2.52. The normalized spacial score (nSPS) is 20.4. The van der Waals surface area contributed by atoms with Gasteiger partial charge in [0.25, 0.3) is 5.92 Å². The molecule has 0 aliphatic carbocycles. The molecule has 0 unspecified atom stereocenters. The molecule has 2 bridgehead atoms. The van der Waals surface area contributed by atoms with Gasteiger partial charge < -0.3 is 4.90 Å². The number of nitrogens with one attached hydrogen (secondary N) is 1. The lowest BCUT2D eigenvalue weighted by Gasteiger charge is -2.40. The monoisotopic (exact) mass is 486 g/mol. The molecule has 4 aromatic rings. The Hall–Kier alpha value is -3.73. The van der Waals surface area contributed by atoms with Crippen LogP contribution >= 0.6 is 11.6 Å². The molecule has 2 aliphatic rings. The zero-order valence-corrected chi connectivity index (χ0v) is 17.9. The van der Waals surface area contributed by atoms with Gasteiger partial charge in [-0.2, -0.15) is 13.2 Å². The molecule has 1 N–H and O–H groups in total. The minimum Gasteiger partial charge on any atom is -0.308 e. The van der Waals surface area contributed by atoms with Crippen LogP contribution in [0.4, 0.5) is 23.8 Å². The second kappa shape index (κ2) is 7.39. The van der Waals surface area contributed by atoms with E-state index in [0.717, 1.165) is 11.1 Å². The number of nitrogens with zero attached hydrogens (tertiary/aromatic N) is 5. The molecule has 0 spiro atoms. The van der Waals surface area contributed by atoms with Crippen LogP contribution in [0.1, 0.15) is 30.0 Å². The molecule has 8 nitrogen and oxygen atoms in total. The molecule has 34 heavy (non-hydrogen) atoms. The number of carbonyl (C=O) groups is 1. The van der Waals surface area contributed by atoms with Crippen molar-refractivity contribution < 1.29 is 22.6 Å². The number of fused-ring (bicyclic) bond motifs is 5. The third-order valence-corrected chi connectivity index (χ3v) is 6.63. The minimum absolute atomic E-state index is 0.0334. The minimum atomic E-state index is -3.57. The van der Waals surface area contributed by atoms with Crippen LogP contribution < -0.4 is 5.32 Å². The molecule has 1 saturated heterocycles. The van der Waals surface area contributed by atoms with Gasteiger partial charge in [-0.05, 0) is 52.5 Å². The fraction of sp³-hybridized carbons (Fsp3) is 0.227. The lowest BCUT2D eigenvalue weighted by atomic mass is 9.91. The average molecular weight is 487 g/mol. The Kier molecular flexibility index (Phi) is 4.53. The number of hydrogen-bond donors (Lipinski definition) is 1. The topological polar surface area (TPSA) is 97.0 Å². The molecular weight excluding hydrogens is 473 g/mol. The smallest absolute Gasteiger partial charge is 0.308 e. The van der Waals surface area contributed by atoms with E-state index in [-0.39, 0.29) is 29.2 Å². The van der Waals surface area contributed by atoms with E-state index in [9.17, 15) is 9.18 Å². The molecule has 1 aromatic carbocycles. The van der Waals surface area contributed by atoms with Crippen LogP contribution in [-0.4, -0.2) is 37.3 Å². The number of carbonyl (C=O) groups excluding carboxylic acids is 1. The molecule has 1 fully saturated rings. The van der Waals surface area contributed by atoms with Crippen molar-refractivity contribution in [2.24, 2.45) is 0 Å². The summed E-state index contributed by atoms with van der Waals surface area (Å²) in [4.78, 5) is 21.7. The van der Waals surface area contributed by atoms with Crippen LogP contribution in [0.25, 0.3) is 22.2 Å². The van der Waals surface area contributed by atoms with Gasteiger partial charge in [0, 0.05) is 24.0 Å². The standard InChI is InChI=1S/C22H14ClF3N6O2/c23-13-8-18(28-9-12(13)10-1-2-14-15(7-10)31-34-30-14)29-21(33)32-16-3-4-17(32)22(25,26)19-11(16)5-6-27-20(19)24/h1-2,5-9,16-17H,3-4H2,(H,28,29,33)/t16-,17+/m1/s1. The Morgan fingerprint density at radius 1 is 1.15 bits per heavy atom. The molecule has 5 heterocycles. The fourth-order valence-electron chi connectivity index (χ4n) is 4.82. The van der Waals surface area contributed by atoms with Gasteiger partial charge in [0.15, 0.2) is 0 Å². The summed E-state index contributed by atoms with van der Waals surface area (Å²) < 4.78 is 49.1. The quantitative estimate of drug-likeness (QED) is 0.385. The van der Waals surface area contributed by atoms with Crippen molar-refractivity contribution in [2.75, 3.05) is 5.32 Å². The van der Waals surface area contributed by atoms with Crippen molar-refractivity contribution in [3.05, 3.63) is 64.8 Å². The maximum atomic E-state index is 15.1. The van der Waals surface area contributed by atoms with Crippen molar-refractivity contribution in [3.63, 3.8) is 0 Å². The highest BCUT2D eigenvalue weighted by molar-refractivity contribution is 6.33. The molecule has 2 amide bonds. The maximum absolute atomic E-state index is 15.1.